The lowest BCUT2D eigenvalue weighted by Crippen LogP contribution is -2.66. The fraction of sp³-hybridized carbons (Fsp3) is 0.889. The number of allylic oxidation sites excluding steroid dienone is 2. The van der Waals surface area contributed by atoms with Crippen molar-refractivity contribution in [3.63, 3.8) is 0 Å². The van der Waals surface area contributed by atoms with Crippen LogP contribution >= 0.6 is 0 Å². The summed E-state index contributed by atoms with van der Waals surface area (Å²) in [6, 6.07) is 0. The number of oxime groups is 1. The Bertz CT molecular complexity index is 1200. The number of carbonyl (C=O) groups excluding carboxylic acids is 1. The minimum Gasteiger partial charge on any atom is -0.411 e. The number of ether oxygens (including phenoxy) is 2. The van der Waals surface area contributed by atoms with Crippen LogP contribution < -0.4 is 0 Å². The zero-order chi connectivity index (χ0) is 33.3. The molecular weight excluding hydrogens is 574 g/mol. The minimum atomic E-state index is -1.53. The van der Waals surface area contributed by atoms with E-state index in [0.717, 1.165) is 44.2 Å². The quantitative estimate of drug-likeness (QED) is 0.149. The summed E-state index contributed by atoms with van der Waals surface area (Å²) in [5.74, 6) is 0.476. The van der Waals surface area contributed by atoms with Crippen molar-refractivity contribution in [2.45, 2.75) is 149 Å². The van der Waals surface area contributed by atoms with Gasteiger partial charge in [0, 0.05) is 17.8 Å². The Morgan fingerprint density at radius 1 is 1.00 bits per heavy atom. The molecule has 0 aromatic heterocycles. The molecule has 0 spiro atoms. The predicted molar refractivity (Wildman–Crippen MR) is 171 cm³/mol. The summed E-state index contributed by atoms with van der Waals surface area (Å²) in [5, 5.41) is 55.3. The van der Waals surface area contributed by atoms with Gasteiger partial charge < -0.3 is 35.1 Å². The lowest BCUT2D eigenvalue weighted by atomic mass is 9.35. The predicted octanol–water partition coefficient (Wildman–Crippen LogP) is 5.00. The molecule has 1 aliphatic heterocycles. The lowest BCUT2D eigenvalue weighted by molar-refractivity contribution is -0.333. The highest BCUT2D eigenvalue weighted by molar-refractivity contribution is 5.90. The average molecular weight is 634 g/mol. The molecule has 0 radical (unpaired) electrons. The smallest absolute Gasteiger partial charge is 0.187 e. The summed E-state index contributed by atoms with van der Waals surface area (Å²) in [7, 11) is 0. The maximum atomic E-state index is 14.6. The van der Waals surface area contributed by atoms with Gasteiger partial charge in [-0.05, 0) is 106 Å². The van der Waals surface area contributed by atoms with Crippen LogP contribution in [0.15, 0.2) is 16.8 Å². The number of ketones is 1. The van der Waals surface area contributed by atoms with Crippen LogP contribution in [-0.2, 0) is 14.3 Å². The number of hydrogen-bond acceptors (Lipinski definition) is 9. The van der Waals surface area contributed by atoms with Crippen molar-refractivity contribution >= 4 is 11.5 Å². The summed E-state index contributed by atoms with van der Waals surface area (Å²) in [6.45, 7) is 17.2. The number of hydrogen-bond donors (Lipinski definition) is 5. The largest absolute Gasteiger partial charge is 0.411 e. The molecule has 0 amide bonds. The molecule has 0 bridgehead atoms. The van der Waals surface area contributed by atoms with E-state index in [-0.39, 0.29) is 45.2 Å². The summed E-state index contributed by atoms with van der Waals surface area (Å²) in [6.07, 6.45) is 2.55. The number of carbonyl (C=O) groups is 1. The van der Waals surface area contributed by atoms with Crippen LogP contribution in [0.1, 0.15) is 113 Å². The van der Waals surface area contributed by atoms with Crippen LogP contribution in [-0.4, -0.2) is 80.0 Å². The molecule has 0 aromatic rings. The Hall–Kier alpha value is -1.36. The number of fused-ring (bicyclic) bond motifs is 5. The molecule has 1 heterocycles. The van der Waals surface area contributed by atoms with Gasteiger partial charge in [0.1, 0.15) is 30.2 Å². The van der Waals surface area contributed by atoms with Gasteiger partial charge in [0.2, 0.25) is 0 Å². The summed E-state index contributed by atoms with van der Waals surface area (Å²) in [4.78, 5) is 14.6. The van der Waals surface area contributed by atoms with Crippen molar-refractivity contribution in [3.05, 3.63) is 11.6 Å². The summed E-state index contributed by atoms with van der Waals surface area (Å²) < 4.78 is 12.6. The van der Waals surface area contributed by atoms with E-state index < -0.39 is 42.9 Å². The Balaban J connectivity index is 1.49. The fourth-order valence-electron chi connectivity index (χ4n) is 11.5. The standard InChI is InChI=1S/C36H59NO8/c1-20(2)10-9-14-36(8,45-31-30(42)29(41)28(40)23(19-38)44-31)21-11-16-35(7)27(21)22(39)18-25-33(5)15-13-26(37-43)32(3,4)24(33)12-17-34(25,35)6/h10,21,23-25,27-31,38,40-43H,9,11-19H2,1-8H3/b37-26+/t21?,23?,24?,25?,27?,28-,29+,30?,31+,33+,34-,35-,36+/m1/s1. The van der Waals surface area contributed by atoms with Crippen molar-refractivity contribution in [2.24, 2.45) is 50.5 Å². The zero-order valence-electron chi connectivity index (χ0n) is 28.8. The van der Waals surface area contributed by atoms with Crippen LogP contribution in [0.5, 0.6) is 0 Å². The van der Waals surface area contributed by atoms with Crippen LogP contribution in [0.2, 0.25) is 0 Å². The highest BCUT2D eigenvalue weighted by atomic mass is 16.7. The van der Waals surface area contributed by atoms with Gasteiger partial charge >= 0.3 is 0 Å². The molecule has 5 rings (SSSR count). The van der Waals surface area contributed by atoms with Crippen molar-refractivity contribution < 1.29 is 39.9 Å². The van der Waals surface area contributed by atoms with E-state index >= 15 is 0 Å². The number of aliphatic hydroxyl groups is 4. The number of nitrogens with zero attached hydrogens (tertiary/aromatic N) is 1. The van der Waals surface area contributed by atoms with Crippen LogP contribution in [0.25, 0.3) is 0 Å². The minimum absolute atomic E-state index is 0.0496. The van der Waals surface area contributed by atoms with E-state index in [1.54, 1.807) is 0 Å². The second-order valence-corrected chi connectivity index (χ2v) is 17.0. The van der Waals surface area contributed by atoms with E-state index in [4.69, 9.17) is 9.47 Å². The molecule has 5 aliphatic rings. The zero-order valence-corrected chi connectivity index (χ0v) is 28.8. The second-order valence-electron chi connectivity index (χ2n) is 17.0. The first kappa shape index (κ1) is 35.0. The van der Waals surface area contributed by atoms with Crippen molar-refractivity contribution in [2.75, 3.05) is 6.61 Å². The van der Waals surface area contributed by atoms with Crippen molar-refractivity contribution in [3.8, 4) is 0 Å². The van der Waals surface area contributed by atoms with E-state index in [0.29, 0.717) is 25.2 Å². The van der Waals surface area contributed by atoms with Crippen molar-refractivity contribution in [1.82, 2.24) is 0 Å². The Labute approximate surface area is 269 Å². The van der Waals surface area contributed by atoms with Gasteiger partial charge in [0.25, 0.3) is 0 Å². The van der Waals surface area contributed by atoms with Gasteiger partial charge in [0.15, 0.2) is 6.29 Å². The van der Waals surface area contributed by atoms with Crippen LogP contribution in [0.3, 0.4) is 0 Å². The first-order chi connectivity index (χ1) is 20.9. The maximum Gasteiger partial charge on any atom is 0.187 e. The Morgan fingerprint density at radius 3 is 2.29 bits per heavy atom. The molecule has 0 aromatic carbocycles. The molecule has 256 valence electrons. The number of rotatable bonds is 7. The molecule has 6 unspecified atom stereocenters. The van der Waals surface area contributed by atoms with Gasteiger partial charge in [-0.2, -0.15) is 0 Å². The molecule has 9 heteroatoms. The van der Waals surface area contributed by atoms with Gasteiger partial charge in [-0.3, -0.25) is 4.79 Å². The van der Waals surface area contributed by atoms with Crippen LogP contribution in [0, 0.1) is 45.3 Å². The highest BCUT2D eigenvalue weighted by Gasteiger charge is 2.71. The third kappa shape index (κ3) is 5.27. The first-order valence-corrected chi connectivity index (χ1v) is 17.3. The average Bonchev–Trinajstić information content (AvgIpc) is 3.35. The van der Waals surface area contributed by atoms with E-state index in [2.05, 4.69) is 45.9 Å². The number of Topliss-reactive ketones (excluding diaryl/α,β-unsaturated/α-hetero) is 1. The Morgan fingerprint density at radius 2 is 1.67 bits per heavy atom. The molecule has 5 fully saturated rings. The topological polar surface area (TPSA) is 149 Å². The van der Waals surface area contributed by atoms with Crippen molar-refractivity contribution in [1.29, 1.82) is 0 Å². The highest BCUT2D eigenvalue weighted by Crippen LogP contribution is 2.75. The van der Waals surface area contributed by atoms with Gasteiger partial charge in [-0.25, -0.2) is 0 Å². The fourth-order valence-corrected chi connectivity index (χ4v) is 11.5. The molecule has 1 saturated heterocycles. The first-order valence-electron chi connectivity index (χ1n) is 17.3. The van der Waals surface area contributed by atoms with Crippen LogP contribution in [0.4, 0.5) is 0 Å². The van der Waals surface area contributed by atoms with Gasteiger partial charge in [-0.15, -0.1) is 0 Å². The monoisotopic (exact) mass is 633 g/mol. The Kier molecular flexibility index (Phi) is 9.29. The van der Waals surface area contributed by atoms with E-state index in [1.165, 1.54) is 5.57 Å². The number of aliphatic hydroxyl groups excluding tert-OH is 4. The molecular formula is C36H59NO8. The molecule has 4 aliphatic carbocycles. The normalized spacial score (nSPS) is 48.2. The van der Waals surface area contributed by atoms with Gasteiger partial charge in [-0.1, -0.05) is 51.4 Å². The lowest BCUT2D eigenvalue weighted by Gasteiger charge is -2.68. The molecule has 4 saturated carbocycles. The molecule has 5 N–H and O–H groups in total. The van der Waals surface area contributed by atoms with E-state index in [1.807, 2.05) is 20.8 Å². The third-order valence-electron chi connectivity index (χ3n) is 14.3. The maximum absolute atomic E-state index is 14.6. The SMILES string of the molecule is CC(C)=CCC[C@](C)(O[C@@H]1OC(CO)[C@@H](O)[C@H](O)C1O)C1CC[C@]2(C)C1C(=O)CC1[C@@]3(C)CC/C(=N\O)C(C)(C)C3CC[C@]12C. The summed E-state index contributed by atoms with van der Waals surface area (Å²) >= 11 is 0. The van der Waals surface area contributed by atoms with E-state index in [9.17, 15) is 30.4 Å². The second kappa shape index (κ2) is 12.0. The third-order valence-corrected chi connectivity index (χ3v) is 14.3. The molecule has 45 heavy (non-hydrogen) atoms. The van der Waals surface area contributed by atoms with Gasteiger partial charge in [0.05, 0.1) is 17.9 Å². The molecule has 9 nitrogen and oxygen atoms in total. The summed E-state index contributed by atoms with van der Waals surface area (Å²) in [5.41, 5.74) is 0.577. The molecule has 13 atom stereocenters.